The van der Waals surface area contributed by atoms with Gasteiger partial charge in [0.15, 0.2) is 6.10 Å². The Hall–Kier alpha value is -1.52. The van der Waals surface area contributed by atoms with Gasteiger partial charge in [-0.15, -0.1) is 0 Å². The van der Waals surface area contributed by atoms with Crippen molar-refractivity contribution in [3.63, 3.8) is 0 Å². The Morgan fingerprint density at radius 2 is 1.79 bits per heavy atom. The van der Waals surface area contributed by atoms with E-state index >= 15 is 0 Å². The lowest BCUT2D eigenvalue weighted by Gasteiger charge is -2.32. The number of aliphatic carboxylic acids is 1. The third kappa shape index (κ3) is 3.98. The van der Waals surface area contributed by atoms with Gasteiger partial charge in [-0.2, -0.15) is 0 Å². The van der Waals surface area contributed by atoms with Gasteiger partial charge in [-0.25, -0.2) is 9.59 Å². The molecule has 0 aromatic rings. The summed E-state index contributed by atoms with van der Waals surface area (Å²) in [5.74, 6) is -6.99. The molecule has 0 aromatic heterocycles. The minimum absolute atomic E-state index is 0.260. The van der Waals surface area contributed by atoms with Gasteiger partial charge in [0.1, 0.15) is 12.2 Å². The molecule has 9 nitrogen and oxygen atoms in total. The molecule has 9 heteroatoms. The Bertz CT molecular complexity index is 366. The summed E-state index contributed by atoms with van der Waals surface area (Å²) in [7, 11) is 0. The van der Waals surface area contributed by atoms with Gasteiger partial charge >= 0.3 is 17.7 Å². The molecule has 0 radical (unpaired) electrons. The first-order chi connectivity index (χ1) is 8.57. The normalized spacial score (nSPS) is 18.8. The van der Waals surface area contributed by atoms with E-state index in [1.54, 1.807) is 0 Å². The number of aliphatic hydroxyl groups excluding tert-OH is 4. The van der Waals surface area contributed by atoms with Crippen molar-refractivity contribution in [3.8, 4) is 0 Å². The molecule has 0 bridgehead atoms. The maximum Gasteiger partial charge on any atom is 0.380 e. The largest absolute Gasteiger partial charge is 0.476 e. The zero-order chi connectivity index (χ0) is 15.4. The van der Waals surface area contributed by atoms with Crippen LogP contribution in [0.1, 0.15) is 6.92 Å². The Kier molecular flexibility index (Phi) is 6.06. The molecule has 0 saturated carbocycles. The summed E-state index contributed by atoms with van der Waals surface area (Å²) in [5, 5.41) is 54.8. The Morgan fingerprint density at radius 1 is 1.32 bits per heavy atom. The van der Waals surface area contributed by atoms with Crippen LogP contribution in [0.5, 0.6) is 0 Å². The summed E-state index contributed by atoms with van der Waals surface area (Å²) >= 11 is 0. The molecule has 0 aromatic carbocycles. The first-order valence-electron chi connectivity index (χ1n) is 5.07. The summed E-state index contributed by atoms with van der Waals surface area (Å²) in [4.78, 5) is 22.0. The second kappa shape index (κ2) is 6.59. The van der Waals surface area contributed by atoms with Gasteiger partial charge < -0.3 is 35.4 Å². The Balaban J connectivity index is 5.23. The third-order valence-electron chi connectivity index (χ3n) is 2.21. The first kappa shape index (κ1) is 17.5. The number of ether oxygens (including phenoxy) is 1. The van der Waals surface area contributed by atoms with Crippen LogP contribution in [0.4, 0.5) is 0 Å². The van der Waals surface area contributed by atoms with E-state index in [4.69, 9.17) is 15.3 Å². The van der Waals surface area contributed by atoms with E-state index < -0.39 is 42.6 Å². The smallest absolute Gasteiger partial charge is 0.380 e. The maximum absolute atomic E-state index is 11.2. The number of esters is 1. The topological polar surface area (TPSA) is 165 Å². The molecule has 0 aliphatic carbocycles. The van der Waals surface area contributed by atoms with Gasteiger partial charge in [0, 0.05) is 5.57 Å². The van der Waals surface area contributed by atoms with Crippen molar-refractivity contribution in [1.29, 1.82) is 0 Å². The number of aliphatic hydroxyl groups is 5. The van der Waals surface area contributed by atoms with Crippen LogP contribution in [0.25, 0.3) is 0 Å². The molecule has 0 heterocycles. The molecule has 0 spiro atoms. The van der Waals surface area contributed by atoms with Gasteiger partial charge in [0.05, 0.1) is 6.61 Å². The number of carbonyl (C=O) groups is 2. The van der Waals surface area contributed by atoms with Gasteiger partial charge in [-0.1, -0.05) is 6.58 Å². The minimum Gasteiger partial charge on any atom is -0.476 e. The first-order valence-corrected chi connectivity index (χ1v) is 5.07. The van der Waals surface area contributed by atoms with Crippen LogP contribution in [0.3, 0.4) is 0 Å². The van der Waals surface area contributed by atoms with Crippen molar-refractivity contribution in [2.75, 3.05) is 6.61 Å². The number of hydrogen-bond donors (Lipinski definition) is 6. The van der Waals surface area contributed by atoms with E-state index in [1.165, 1.54) is 0 Å². The number of carboxylic acids is 1. The summed E-state index contributed by atoms with van der Waals surface area (Å²) in [6.07, 6.45) is -6.79. The van der Waals surface area contributed by atoms with Crippen LogP contribution in [0, 0.1) is 0 Å². The van der Waals surface area contributed by atoms with Gasteiger partial charge in [-0.05, 0) is 6.92 Å². The molecule has 6 N–H and O–H groups in total. The average molecular weight is 280 g/mol. The second-order valence-electron chi connectivity index (χ2n) is 3.86. The van der Waals surface area contributed by atoms with Crippen LogP contribution in [0.15, 0.2) is 12.2 Å². The van der Waals surface area contributed by atoms with Crippen LogP contribution in [-0.4, -0.2) is 73.3 Å². The van der Waals surface area contributed by atoms with Crippen LogP contribution in [0.2, 0.25) is 0 Å². The molecule has 4 atom stereocenters. The van der Waals surface area contributed by atoms with Crippen molar-refractivity contribution < 1.29 is 45.0 Å². The van der Waals surface area contributed by atoms with Crippen LogP contribution >= 0.6 is 0 Å². The molecule has 0 saturated heterocycles. The molecule has 0 aliphatic rings. The van der Waals surface area contributed by atoms with E-state index in [0.29, 0.717) is 0 Å². The third-order valence-corrected chi connectivity index (χ3v) is 2.21. The fraction of sp³-hybridized carbons (Fsp3) is 0.600. The highest BCUT2D eigenvalue weighted by atomic mass is 16.7. The van der Waals surface area contributed by atoms with E-state index in [-0.39, 0.29) is 5.57 Å². The molecule has 110 valence electrons. The van der Waals surface area contributed by atoms with Crippen molar-refractivity contribution in [2.24, 2.45) is 0 Å². The van der Waals surface area contributed by atoms with Gasteiger partial charge in [0.25, 0.3) is 0 Å². The molecule has 0 aliphatic heterocycles. The Morgan fingerprint density at radius 3 is 2.11 bits per heavy atom. The molecule has 0 amide bonds. The zero-order valence-corrected chi connectivity index (χ0v) is 10.1. The monoisotopic (exact) mass is 280 g/mol. The van der Waals surface area contributed by atoms with E-state index in [0.717, 1.165) is 6.92 Å². The van der Waals surface area contributed by atoms with Crippen LogP contribution < -0.4 is 0 Å². The molecule has 0 rings (SSSR count). The van der Waals surface area contributed by atoms with E-state index in [2.05, 4.69) is 11.3 Å². The summed E-state index contributed by atoms with van der Waals surface area (Å²) in [6, 6.07) is 0. The summed E-state index contributed by atoms with van der Waals surface area (Å²) in [5.41, 5.74) is -0.260. The van der Waals surface area contributed by atoms with Crippen molar-refractivity contribution in [3.05, 3.63) is 12.2 Å². The molecular weight excluding hydrogens is 264 g/mol. The quantitative estimate of drug-likeness (QED) is 0.161. The Labute approximate surface area is 108 Å². The number of carboxylic acid groups (broad SMARTS) is 1. The number of carbonyl (C=O) groups excluding carboxylic acids is 1. The molecule has 0 fully saturated rings. The lowest BCUT2D eigenvalue weighted by molar-refractivity contribution is -0.268. The summed E-state index contributed by atoms with van der Waals surface area (Å²) in [6.45, 7) is 3.29. The van der Waals surface area contributed by atoms with Crippen molar-refractivity contribution in [1.82, 2.24) is 0 Å². The zero-order valence-electron chi connectivity index (χ0n) is 10.1. The van der Waals surface area contributed by atoms with E-state index in [9.17, 15) is 24.9 Å². The maximum atomic E-state index is 11.2. The van der Waals surface area contributed by atoms with Crippen molar-refractivity contribution in [2.45, 2.75) is 31.0 Å². The molecular formula is C10H16O9. The average Bonchev–Trinajstić information content (AvgIpc) is 2.35. The number of rotatable bonds is 7. The van der Waals surface area contributed by atoms with Gasteiger partial charge in [-0.3, -0.25) is 0 Å². The minimum atomic E-state index is -3.49. The molecule has 4 unspecified atom stereocenters. The standard InChI is InChI=1S/C10H16O9/c1-4(2)8(15)19-10(18,9(16)17)7(14)6(13)5(12)3-11/h5-7,11-14,18H,1,3H2,2H3,(H,16,17). The van der Waals surface area contributed by atoms with Gasteiger partial charge in [0.2, 0.25) is 0 Å². The SMILES string of the molecule is C=C(C)C(=O)OC(O)(C(=O)O)C(O)C(O)C(O)CO. The molecule has 19 heavy (non-hydrogen) atoms. The fourth-order valence-electron chi connectivity index (χ4n) is 1.01. The van der Waals surface area contributed by atoms with Crippen molar-refractivity contribution >= 4 is 11.9 Å². The number of hydrogen-bond acceptors (Lipinski definition) is 8. The lowest BCUT2D eigenvalue weighted by atomic mass is 10.00. The summed E-state index contributed by atoms with van der Waals surface area (Å²) < 4.78 is 4.15. The predicted molar refractivity (Wildman–Crippen MR) is 58.6 cm³/mol. The van der Waals surface area contributed by atoms with Crippen LogP contribution in [-0.2, 0) is 14.3 Å². The second-order valence-corrected chi connectivity index (χ2v) is 3.86. The highest BCUT2D eigenvalue weighted by Crippen LogP contribution is 2.20. The predicted octanol–water partition coefficient (Wildman–Crippen LogP) is -3.05. The van der Waals surface area contributed by atoms with E-state index in [1.807, 2.05) is 0 Å². The highest BCUT2D eigenvalue weighted by molar-refractivity contribution is 5.90. The highest BCUT2D eigenvalue weighted by Gasteiger charge is 2.52. The fourth-order valence-corrected chi connectivity index (χ4v) is 1.01. The lowest BCUT2D eigenvalue weighted by Crippen LogP contribution is -2.60.